The van der Waals surface area contributed by atoms with E-state index in [-0.39, 0.29) is 5.56 Å². The fourth-order valence-electron chi connectivity index (χ4n) is 1.95. The second-order valence-corrected chi connectivity index (χ2v) is 5.56. The predicted octanol–water partition coefficient (Wildman–Crippen LogP) is 5.12. The number of methoxy groups -OCH3 is 2. The average molecular weight is 378 g/mol. The molecule has 112 valence electrons. The van der Waals surface area contributed by atoms with Gasteiger partial charge in [0.1, 0.15) is 0 Å². The minimum atomic E-state index is -0.912. The van der Waals surface area contributed by atoms with Crippen LogP contribution in [0, 0.1) is 11.6 Å². The number of benzene rings is 2. The Labute approximate surface area is 134 Å². The fourth-order valence-corrected chi connectivity index (χ4v) is 3.07. The highest BCUT2D eigenvalue weighted by molar-refractivity contribution is 9.09. The Bertz CT molecular complexity index is 664. The minimum absolute atomic E-state index is 0.157. The Morgan fingerprint density at radius 3 is 2.29 bits per heavy atom. The third kappa shape index (κ3) is 3.14. The van der Waals surface area contributed by atoms with Gasteiger partial charge >= 0.3 is 0 Å². The summed E-state index contributed by atoms with van der Waals surface area (Å²) in [4.78, 5) is -0.611. The van der Waals surface area contributed by atoms with Crippen LogP contribution in [-0.2, 0) is 0 Å². The van der Waals surface area contributed by atoms with Crippen molar-refractivity contribution < 1.29 is 18.3 Å². The zero-order chi connectivity index (χ0) is 15.6. The molecule has 0 fully saturated rings. The van der Waals surface area contributed by atoms with Gasteiger partial charge in [0.15, 0.2) is 23.1 Å². The topological polar surface area (TPSA) is 18.5 Å². The van der Waals surface area contributed by atoms with Crippen molar-refractivity contribution in [3.8, 4) is 11.5 Å². The maximum Gasteiger partial charge on any atom is 0.163 e. The van der Waals surface area contributed by atoms with E-state index in [0.717, 1.165) is 6.07 Å². The van der Waals surface area contributed by atoms with Gasteiger partial charge in [-0.15, -0.1) is 0 Å². The van der Waals surface area contributed by atoms with Crippen molar-refractivity contribution in [2.24, 2.45) is 0 Å². The second kappa shape index (κ2) is 6.62. The molecule has 0 heterocycles. The number of rotatable bonds is 4. The molecule has 2 nitrogen and oxygen atoms in total. The van der Waals surface area contributed by atoms with Crippen molar-refractivity contribution >= 4 is 27.5 Å². The first kappa shape index (κ1) is 16.0. The molecule has 0 spiro atoms. The molecule has 0 amide bonds. The standard InChI is InChI=1S/C15H12BrClF2O2/c1-20-12-6-9(10(17)7-13(12)21-2)14(16)8-4-3-5-11(18)15(8)19/h3-7,14H,1-2H3. The largest absolute Gasteiger partial charge is 0.493 e. The lowest BCUT2D eigenvalue weighted by molar-refractivity contribution is 0.354. The first-order valence-electron chi connectivity index (χ1n) is 5.99. The smallest absolute Gasteiger partial charge is 0.163 e. The van der Waals surface area contributed by atoms with Crippen LogP contribution in [0.15, 0.2) is 30.3 Å². The van der Waals surface area contributed by atoms with Crippen molar-refractivity contribution in [3.63, 3.8) is 0 Å². The lowest BCUT2D eigenvalue weighted by atomic mass is 10.0. The highest BCUT2D eigenvalue weighted by Crippen LogP contribution is 2.42. The van der Waals surface area contributed by atoms with E-state index in [4.69, 9.17) is 21.1 Å². The van der Waals surface area contributed by atoms with E-state index in [0.29, 0.717) is 22.1 Å². The molecule has 1 unspecified atom stereocenters. The molecular weight excluding hydrogens is 366 g/mol. The van der Waals surface area contributed by atoms with Crippen LogP contribution < -0.4 is 9.47 Å². The summed E-state index contributed by atoms with van der Waals surface area (Å²) < 4.78 is 37.6. The van der Waals surface area contributed by atoms with Crippen LogP contribution in [0.2, 0.25) is 5.02 Å². The van der Waals surface area contributed by atoms with Gasteiger partial charge in [-0.25, -0.2) is 8.78 Å². The van der Waals surface area contributed by atoms with Crippen molar-refractivity contribution in [2.75, 3.05) is 14.2 Å². The Hall–Kier alpha value is -1.33. The van der Waals surface area contributed by atoms with Crippen LogP contribution in [0.4, 0.5) is 8.78 Å². The van der Waals surface area contributed by atoms with Crippen LogP contribution in [-0.4, -0.2) is 14.2 Å². The summed E-state index contributed by atoms with van der Waals surface area (Å²) in [6.07, 6.45) is 0. The number of hydrogen-bond donors (Lipinski definition) is 0. The minimum Gasteiger partial charge on any atom is -0.493 e. The Kier molecular flexibility index (Phi) is 5.06. The Morgan fingerprint density at radius 2 is 1.67 bits per heavy atom. The summed E-state index contributed by atoms with van der Waals surface area (Å²) in [5, 5.41) is 0.359. The van der Waals surface area contributed by atoms with E-state index in [1.807, 2.05) is 0 Å². The molecule has 0 aromatic heterocycles. The van der Waals surface area contributed by atoms with Crippen LogP contribution in [0.3, 0.4) is 0 Å². The number of ether oxygens (including phenoxy) is 2. The van der Waals surface area contributed by atoms with Gasteiger partial charge in [-0.1, -0.05) is 39.7 Å². The van der Waals surface area contributed by atoms with Crippen LogP contribution in [0.25, 0.3) is 0 Å². The maximum atomic E-state index is 13.9. The molecule has 0 saturated heterocycles. The molecule has 2 rings (SSSR count). The lowest BCUT2D eigenvalue weighted by Crippen LogP contribution is -2.01. The summed E-state index contributed by atoms with van der Waals surface area (Å²) >= 11 is 9.54. The Balaban J connectivity index is 2.53. The van der Waals surface area contributed by atoms with Gasteiger partial charge in [0.25, 0.3) is 0 Å². The third-order valence-electron chi connectivity index (χ3n) is 3.03. The number of halogens is 4. The molecule has 0 aliphatic rings. The number of hydrogen-bond acceptors (Lipinski definition) is 2. The first-order chi connectivity index (χ1) is 9.99. The molecule has 0 aliphatic carbocycles. The van der Waals surface area contributed by atoms with Gasteiger partial charge in [-0.3, -0.25) is 0 Å². The van der Waals surface area contributed by atoms with Gasteiger partial charge in [0.2, 0.25) is 0 Å². The van der Waals surface area contributed by atoms with Crippen molar-refractivity contribution in [2.45, 2.75) is 4.83 Å². The summed E-state index contributed by atoms with van der Waals surface area (Å²) in [5.74, 6) is -0.900. The molecule has 0 bridgehead atoms. The van der Waals surface area contributed by atoms with Gasteiger partial charge in [0, 0.05) is 16.7 Å². The molecule has 0 radical (unpaired) electrons. The molecule has 0 N–H and O–H groups in total. The van der Waals surface area contributed by atoms with Crippen molar-refractivity contribution in [3.05, 3.63) is 58.1 Å². The lowest BCUT2D eigenvalue weighted by Gasteiger charge is -2.16. The molecule has 6 heteroatoms. The third-order valence-corrected chi connectivity index (χ3v) is 4.34. The van der Waals surface area contributed by atoms with E-state index >= 15 is 0 Å². The Morgan fingerprint density at radius 1 is 1.05 bits per heavy atom. The van der Waals surface area contributed by atoms with Crippen LogP contribution in [0.1, 0.15) is 16.0 Å². The van der Waals surface area contributed by atoms with Crippen LogP contribution in [0.5, 0.6) is 11.5 Å². The summed E-state index contributed by atoms with van der Waals surface area (Å²) in [6, 6.07) is 7.20. The van der Waals surface area contributed by atoms with E-state index in [1.54, 1.807) is 12.1 Å². The van der Waals surface area contributed by atoms with Crippen molar-refractivity contribution in [1.29, 1.82) is 0 Å². The second-order valence-electron chi connectivity index (χ2n) is 4.23. The zero-order valence-electron chi connectivity index (χ0n) is 11.3. The molecule has 0 saturated carbocycles. The molecule has 2 aromatic rings. The fraction of sp³-hybridized carbons (Fsp3) is 0.200. The summed E-state index contributed by atoms with van der Waals surface area (Å²) in [7, 11) is 2.98. The SMILES string of the molecule is COc1cc(Cl)c(C(Br)c2cccc(F)c2F)cc1OC. The van der Waals surface area contributed by atoms with E-state index in [1.165, 1.54) is 26.4 Å². The van der Waals surface area contributed by atoms with E-state index < -0.39 is 16.5 Å². The normalized spacial score (nSPS) is 12.1. The van der Waals surface area contributed by atoms with Gasteiger partial charge in [-0.2, -0.15) is 0 Å². The quantitative estimate of drug-likeness (QED) is 0.689. The number of alkyl halides is 1. The van der Waals surface area contributed by atoms with Crippen molar-refractivity contribution in [1.82, 2.24) is 0 Å². The van der Waals surface area contributed by atoms with Gasteiger partial charge < -0.3 is 9.47 Å². The molecule has 2 aromatic carbocycles. The highest BCUT2D eigenvalue weighted by Gasteiger charge is 2.21. The van der Waals surface area contributed by atoms with Crippen LogP contribution >= 0.6 is 27.5 Å². The van der Waals surface area contributed by atoms with E-state index in [2.05, 4.69) is 15.9 Å². The predicted molar refractivity (Wildman–Crippen MR) is 81.7 cm³/mol. The summed E-state index contributed by atoms with van der Waals surface area (Å²) in [6.45, 7) is 0. The average Bonchev–Trinajstić information content (AvgIpc) is 2.49. The van der Waals surface area contributed by atoms with Gasteiger partial charge in [0.05, 0.1) is 19.0 Å². The first-order valence-corrected chi connectivity index (χ1v) is 7.28. The van der Waals surface area contributed by atoms with E-state index in [9.17, 15) is 8.78 Å². The summed E-state index contributed by atoms with van der Waals surface area (Å²) in [5.41, 5.74) is 0.711. The molecule has 1 atom stereocenters. The molecular formula is C15H12BrClF2O2. The highest BCUT2D eigenvalue weighted by atomic mass is 79.9. The molecule has 0 aliphatic heterocycles. The van der Waals surface area contributed by atoms with Gasteiger partial charge in [-0.05, 0) is 17.7 Å². The monoisotopic (exact) mass is 376 g/mol. The molecule has 21 heavy (non-hydrogen) atoms. The maximum absolute atomic E-state index is 13.9. The zero-order valence-corrected chi connectivity index (χ0v) is 13.6.